The summed E-state index contributed by atoms with van der Waals surface area (Å²) < 4.78 is 7.12. The van der Waals surface area contributed by atoms with E-state index in [-0.39, 0.29) is 11.7 Å². The molecule has 2 heterocycles. The summed E-state index contributed by atoms with van der Waals surface area (Å²) in [4.78, 5) is 12.1. The molecule has 0 aliphatic rings. The molecule has 9 heteroatoms. The number of thioether (sulfide) groups is 1. The average molecular weight is 397 g/mol. The Morgan fingerprint density at radius 1 is 1.28 bits per heavy atom. The number of nitrogens with one attached hydrogen (secondary N) is 1. The molecule has 2 aromatic heterocycles. The van der Waals surface area contributed by atoms with Crippen LogP contribution in [0, 0.1) is 6.92 Å². The number of furan rings is 1. The van der Waals surface area contributed by atoms with E-state index in [0.29, 0.717) is 26.7 Å². The van der Waals surface area contributed by atoms with Gasteiger partial charge in [-0.2, -0.15) is 0 Å². The Labute approximate surface area is 158 Å². The highest BCUT2D eigenvalue weighted by Gasteiger charge is 2.16. The van der Waals surface area contributed by atoms with Crippen molar-refractivity contribution in [2.45, 2.75) is 12.1 Å². The fraction of sp³-hybridized carbons (Fsp3) is 0.188. The molecule has 0 saturated carbocycles. The van der Waals surface area contributed by atoms with Gasteiger partial charge in [0.25, 0.3) is 0 Å². The Morgan fingerprint density at radius 2 is 2.08 bits per heavy atom. The molecule has 3 aromatic rings. The summed E-state index contributed by atoms with van der Waals surface area (Å²) in [5.74, 6) is 1.48. The predicted octanol–water partition coefficient (Wildman–Crippen LogP) is 4.42. The van der Waals surface area contributed by atoms with E-state index in [1.54, 1.807) is 24.5 Å². The lowest BCUT2D eigenvalue weighted by Gasteiger charge is -2.06. The van der Waals surface area contributed by atoms with Gasteiger partial charge in [-0.15, -0.1) is 10.2 Å². The summed E-state index contributed by atoms with van der Waals surface area (Å²) in [6.07, 6.45) is 1.61. The third kappa shape index (κ3) is 4.00. The Hall–Kier alpha value is -1.96. The van der Waals surface area contributed by atoms with E-state index in [9.17, 15) is 4.79 Å². The van der Waals surface area contributed by atoms with Crippen LogP contribution in [-0.4, -0.2) is 26.4 Å². The van der Waals surface area contributed by atoms with Crippen molar-refractivity contribution in [3.8, 4) is 11.4 Å². The van der Waals surface area contributed by atoms with Gasteiger partial charge in [0, 0.05) is 12.7 Å². The Bertz CT molecular complexity index is 923. The van der Waals surface area contributed by atoms with E-state index >= 15 is 0 Å². The molecular formula is C16H14Cl2N4O2S. The number of halogens is 2. The zero-order valence-corrected chi connectivity index (χ0v) is 15.7. The molecule has 0 saturated heterocycles. The van der Waals surface area contributed by atoms with Gasteiger partial charge in [0.05, 0.1) is 27.6 Å². The van der Waals surface area contributed by atoms with Crippen LogP contribution in [0.1, 0.15) is 5.76 Å². The summed E-state index contributed by atoms with van der Waals surface area (Å²) in [6.45, 7) is 1.86. The minimum Gasteiger partial charge on any atom is -0.469 e. The highest BCUT2D eigenvalue weighted by Crippen LogP contribution is 2.27. The summed E-state index contributed by atoms with van der Waals surface area (Å²) in [7, 11) is 1.85. The molecule has 3 rings (SSSR count). The van der Waals surface area contributed by atoms with E-state index in [1.807, 2.05) is 24.6 Å². The van der Waals surface area contributed by atoms with Gasteiger partial charge in [0.1, 0.15) is 5.76 Å². The lowest BCUT2D eigenvalue weighted by atomic mass is 10.2. The normalized spacial score (nSPS) is 10.9. The maximum atomic E-state index is 12.1. The van der Waals surface area contributed by atoms with Crippen LogP contribution in [-0.2, 0) is 11.8 Å². The van der Waals surface area contributed by atoms with Crippen LogP contribution in [0.15, 0.2) is 40.1 Å². The van der Waals surface area contributed by atoms with Crippen molar-refractivity contribution in [2.75, 3.05) is 11.1 Å². The van der Waals surface area contributed by atoms with Crippen molar-refractivity contribution in [3.63, 3.8) is 0 Å². The molecule has 1 aromatic carbocycles. The topological polar surface area (TPSA) is 72.9 Å². The van der Waals surface area contributed by atoms with Crippen molar-refractivity contribution in [3.05, 3.63) is 46.3 Å². The minimum atomic E-state index is -0.174. The molecule has 6 nitrogen and oxygen atoms in total. The van der Waals surface area contributed by atoms with E-state index in [1.165, 1.54) is 11.8 Å². The highest BCUT2D eigenvalue weighted by atomic mass is 35.5. The van der Waals surface area contributed by atoms with E-state index in [0.717, 1.165) is 11.3 Å². The second kappa shape index (κ2) is 7.51. The molecule has 0 unspecified atom stereocenters. The maximum Gasteiger partial charge on any atom is 0.234 e. The Kier molecular flexibility index (Phi) is 5.36. The molecule has 0 atom stereocenters. The van der Waals surface area contributed by atoms with Gasteiger partial charge in [0.15, 0.2) is 11.0 Å². The van der Waals surface area contributed by atoms with Gasteiger partial charge in [-0.1, -0.05) is 35.0 Å². The van der Waals surface area contributed by atoms with E-state index in [4.69, 9.17) is 27.6 Å². The highest BCUT2D eigenvalue weighted by molar-refractivity contribution is 7.99. The fourth-order valence-electron chi connectivity index (χ4n) is 2.19. The third-order valence-electron chi connectivity index (χ3n) is 3.47. The summed E-state index contributed by atoms with van der Waals surface area (Å²) >= 11 is 13.1. The van der Waals surface area contributed by atoms with Crippen molar-refractivity contribution >= 4 is 46.6 Å². The molecule has 0 aliphatic heterocycles. The third-order valence-corrected chi connectivity index (χ3v) is 5.23. The van der Waals surface area contributed by atoms with Crippen molar-refractivity contribution in [2.24, 2.45) is 7.05 Å². The number of amides is 1. The standard InChI is InChI=1S/C16H14Cl2N4O2S/c1-9-11(5-6-24-9)15-20-21-16(22(15)2)25-8-14(23)19-10-3-4-12(17)13(18)7-10/h3-7H,8H2,1-2H3,(H,19,23). The van der Waals surface area contributed by atoms with Gasteiger partial charge < -0.3 is 14.3 Å². The number of aryl methyl sites for hydroxylation is 1. The van der Waals surface area contributed by atoms with Crippen LogP contribution in [0.5, 0.6) is 0 Å². The zero-order chi connectivity index (χ0) is 18.0. The van der Waals surface area contributed by atoms with E-state index < -0.39 is 0 Å². The quantitative estimate of drug-likeness (QED) is 0.646. The second-order valence-corrected chi connectivity index (χ2v) is 6.98. The van der Waals surface area contributed by atoms with Gasteiger partial charge >= 0.3 is 0 Å². The van der Waals surface area contributed by atoms with Gasteiger partial charge in [-0.05, 0) is 31.2 Å². The SMILES string of the molecule is Cc1occc1-c1nnc(SCC(=O)Nc2ccc(Cl)c(Cl)c2)n1C. The van der Waals surface area contributed by atoms with Crippen molar-refractivity contribution in [1.82, 2.24) is 14.8 Å². The lowest BCUT2D eigenvalue weighted by Crippen LogP contribution is -2.14. The minimum absolute atomic E-state index is 0.174. The summed E-state index contributed by atoms with van der Waals surface area (Å²) in [5, 5.41) is 12.5. The average Bonchev–Trinajstić information content (AvgIpc) is 3.14. The first-order valence-corrected chi connectivity index (χ1v) is 9.01. The molecule has 0 radical (unpaired) electrons. The number of carbonyl (C=O) groups is 1. The number of benzene rings is 1. The van der Waals surface area contributed by atoms with Crippen LogP contribution < -0.4 is 5.32 Å². The second-order valence-electron chi connectivity index (χ2n) is 5.22. The number of nitrogens with zero attached hydrogens (tertiary/aromatic N) is 3. The first-order valence-electron chi connectivity index (χ1n) is 7.27. The van der Waals surface area contributed by atoms with Gasteiger partial charge in [-0.25, -0.2) is 0 Å². The summed E-state index contributed by atoms with van der Waals surface area (Å²) in [5.41, 5.74) is 1.47. The Morgan fingerprint density at radius 3 is 2.76 bits per heavy atom. The number of aromatic nitrogens is 3. The van der Waals surface area contributed by atoms with E-state index in [2.05, 4.69) is 15.5 Å². The van der Waals surface area contributed by atoms with Crippen molar-refractivity contribution < 1.29 is 9.21 Å². The molecule has 25 heavy (non-hydrogen) atoms. The zero-order valence-electron chi connectivity index (χ0n) is 13.4. The molecule has 0 bridgehead atoms. The number of rotatable bonds is 5. The smallest absolute Gasteiger partial charge is 0.234 e. The van der Waals surface area contributed by atoms with Gasteiger partial charge in [-0.3, -0.25) is 4.79 Å². The molecule has 1 N–H and O–H groups in total. The summed E-state index contributed by atoms with van der Waals surface area (Å²) in [6, 6.07) is 6.77. The number of anilines is 1. The van der Waals surface area contributed by atoms with Crippen LogP contribution in [0.4, 0.5) is 5.69 Å². The molecule has 0 aliphatic carbocycles. The first-order chi connectivity index (χ1) is 12.0. The van der Waals surface area contributed by atoms with Crippen LogP contribution in [0.25, 0.3) is 11.4 Å². The molecule has 130 valence electrons. The van der Waals surface area contributed by atoms with Crippen molar-refractivity contribution in [1.29, 1.82) is 0 Å². The van der Waals surface area contributed by atoms with Crippen LogP contribution in [0.2, 0.25) is 10.0 Å². The molecular weight excluding hydrogens is 383 g/mol. The number of hydrogen-bond donors (Lipinski definition) is 1. The Balaban J connectivity index is 1.64. The fourth-order valence-corrected chi connectivity index (χ4v) is 3.20. The number of carbonyl (C=O) groups excluding carboxylic acids is 1. The van der Waals surface area contributed by atoms with Gasteiger partial charge in [0.2, 0.25) is 5.91 Å². The largest absolute Gasteiger partial charge is 0.469 e. The predicted molar refractivity (Wildman–Crippen MR) is 99.3 cm³/mol. The molecule has 0 spiro atoms. The maximum absolute atomic E-state index is 12.1. The van der Waals surface area contributed by atoms with Crippen LogP contribution >= 0.6 is 35.0 Å². The molecule has 1 amide bonds. The first kappa shape index (κ1) is 17.8. The van der Waals surface area contributed by atoms with Crippen LogP contribution in [0.3, 0.4) is 0 Å². The lowest BCUT2D eigenvalue weighted by molar-refractivity contribution is -0.113. The number of hydrogen-bond acceptors (Lipinski definition) is 5. The molecule has 0 fully saturated rings. The monoisotopic (exact) mass is 396 g/mol.